The number of aromatic nitrogens is 4. The highest BCUT2D eigenvalue weighted by molar-refractivity contribution is 6.01. The summed E-state index contributed by atoms with van der Waals surface area (Å²) >= 11 is 0. The van der Waals surface area contributed by atoms with Crippen LogP contribution in [0.3, 0.4) is 0 Å². The molecule has 0 fully saturated rings. The molecule has 0 amide bonds. The highest BCUT2D eigenvalue weighted by Crippen LogP contribution is 2.40. The average molecular weight is 1100 g/mol. The van der Waals surface area contributed by atoms with Crippen LogP contribution in [-0.4, -0.2) is 64.2 Å². The molecule has 8 aromatic carbocycles. The maximum atomic E-state index is 12.0. The van der Waals surface area contributed by atoms with Crippen LogP contribution >= 0.6 is 0 Å². The van der Waals surface area contributed by atoms with Gasteiger partial charge in [-0.25, -0.2) is 29.1 Å². The first kappa shape index (κ1) is 51.7. The number of carbonyl (C=O) groups is 4. The van der Waals surface area contributed by atoms with Crippen LogP contribution in [0.4, 0.5) is 0 Å². The molecule has 13 rings (SSSR count). The first-order valence-corrected chi connectivity index (χ1v) is 26.8. The minimum atomic E-state index is -1.01. The van der Waals surface area contributed by atoms with Gasteiger partial charge in [-0.2, -0.15) is 0 Å². The molecule has 0 unspecified atom stereocenters. The molecule has 5 heterocycles. The fourth-order valence-corrected chi connectivity index (χ4v) is 11.1. The number of benzene rings is 8. The van der Waals surface area contributed by atoms with Gasteiger partial charge in [0.2, 0.25) is 0 Å². The Hall–Kier alpha value is -11.8. The third-order valence-corrected chi connectivity index (χ3v) is 15.2. The molecule has 12 nitrogen and oxygen atoms in total. The second-order valence-electron chi connectivity index (χ2n) is 20.4. The minimum absolute atomic E-state index is 0.185. The second kappa shape index (κ2) is 21.4. The predicted molar refractivity (Wildman–Crippen MR) is 330 cm³/mol. The van der Waals surface area contributed by atoms with Crippen molar-refractivity contribution in [2.75, 3.05) is 0 Å². The minimum Gasteiger partial charge on any atom is -0.478 e. The summed E-state index contributed by atoms with van der Waals surface area (Å²) in [6.07, 6.45) is 8.01. The molecular formula is C72H46N4O8. The lowest BCUT2D eigenvalue weighted by Crippen LogP contribution is -1.95. The molecule has 0 saturated heterocycles. The van der Waals surface area contributed by atoms with Gasteiger partial charge in [0.15, 0.2) is 0 Å². The van der Waals surface area contributed by atoms with Crippen molar-refractivity contribution in [2.24, 2.45) is 0 Å². The number of rotatable bonds is 12. The Morgan fingerprint density at radius 3 is 0.655 bits per heavy atom. The van der Waals surface area contributed by atoms with Crippen molar-refractivity contribution < 1.29 is 39.6 Å². The molecule has 0 aliphatic carbocycles. The number of carboxylic acid groups (broad SMARTS) is 4. The number of nitrogens with one attached hydrogen (secondary N) is 2. The van der Waals surface area contributed by atoms with Crippen LogP contribution in [0, 0.1) is 0 Å². The maximum absolute atomic E-state index is 12.0. The fourth-order valence-electron chi connectivity index (χ4n) is 11.1. The topological polar surface area (TPSA) is 207 Å². The third-order valence-electron chi connectivity index (χ3n) is 15.2. The van der Waals surface area contributed by atoms with Crippen molar-refractivity contribution in [2.45, 2.75) is 0 Å². The van der Waals surface area contributed by atoms with Crippen LogP contribution in [0.5, 0.6) is 0 Å². The Morgan fingerprint density at radius 1 is 0.250 bits per heavy atom. The number of nitrogens with zero attached hydrogens (tertiary/aromatic N) is 2. The van der Waals surface area contributed by atoms with E-state index < -0.39 is 23.9 Å². The van der Waals surface area contributed by atoms with Crippen LogP contribution < -0.4 is 0 Å². The van der Waals surface area contributed by atoms with E-state index in [1.807, 2.05) is 170 Å². The van der Waals surface area contributed by atoms with Crippen LogP contribution in [0.25, 0.3) is 135 Å². The Morgan fingerprint density at radius 2 is 0.452 bits per heavy atom. The van der Waals surface area contributed by atoms with Gasteiger partial charge in [-0.3, -0.25) is 0 Å². The van der Waals surface area contributed by atoms with Crippen LogP contribution in [-0.2, 0) is 0 Å². The first-order valence-electron chi connectivity index (χ1n) is 26.8. The van der Waals surface area contributed by atoms with Crippen molar-refractivity contribution in [3.05, 3.63) is 263 Å². The molecule has 3 aromatic heterocycles. The van der Waals surface area contributed by atoms with E-state index in [1.54, 1.807) is 72.8 Å². The van der Waals surface area contributed by atoms with E-state index in [4.69, 9.17) is 9.97 Å². The van der Waals surface area contributed by atoms with E-state index in [9.17, 15) is 39.6 Å². The zero-order chi connectivity index (χ0) is 57.6. The van der Waals surface area contributed by atoms with E-state index in [0.717, 1.165) is 111 Å². The van der Waals surface area contributed by atoms with Gasteiger partial charge < -0.3 is 30.4 Å². The molecule has 6 N–H and O–H groups in total. The molecule has 0 spiro atoms. The van der Waals surface area contributed by atoms with Gasteiger partial charge in [-0.15, -0.1) is 0 Å². The number of fused-ring (bicyclic) bond motifs is 8. The van der Waals surface area contributed by atoms with E-state index >= 15 is 0 Å². The molecule has 84 heavy (non-hydrogen) atoms. The van der Waals surface area contributed by atoms with Crippen LogP contribution in [0.2, 0.25) is 0 Å². The van der Waals surface area contributed by atoms with E-state index in [0.29, 0.717) is 22.8 Å². The average Bonchev–Trinajstić information content (AvgIpc) is 4.42. The molecular weight excluding hydrogens is 1050 g/mol. The summed E-state index contributed by atoms with van der Waals surface area (Å²) in [6.45, 7) is 0. The highest BCUT2D eigenvalue weighted by Gasteiger charge is 2.21. The molecule has 8 bridgehead atoms. The maximum Gasteiger partial charge on any atom is 0.335 e. The lowest BCUT2D eigenvalue weighted by molar-refractivity contribution is 0.0686. The molecule has 2 aliphatic rings. The molecule has 2 aliphatic heterocycles. The normalized spacial score (nSPS) is 11.6. The molecule has 0 atom stereocenters. The number of hydrogen-bond acceptors (Lipinski definition) is 6. The Bertz CT molecular complexity index is 4170. The summed E-state index contributed by atoms with van der Waals surface area (Å²) in [5, 5.41) is 39.2. The van der Waals surface area contributed by atoms with Crippen molar-refractivity contribution in [1.82, 2.24) is 19.9 Å². The molecule has 402 valence electrons. The SMILES string of the molecule is O=C(O)c1cccc(-c2ccc(-c3c4nc(c(-c5ccc(-c6cccc(C(=O)O)c6)cc5)c5ccc([nH]5)c(-c5ccc(-c6cccc(C(=O)O)c6)cc5)c5nc(c(-c6ccc(-c7cccc(C(=O)O)c7)cc6)c6ccc3[nH]6)C=C5)C=C4)cc2)c1. The summed E-state index contributed by atoms with van der Waals surface area (Å²) in [4.78, 5) is 66.5. The van der Waals surface area contributed by atoms with Crippen molar-refractivity contribution in [1.29, 1.82) is 0 Å². The fraction of sp³-hybridized carbons (Fsp3) is 0. The summed E-state index contributed by atoms with van der Waals surface area (Å²) in [5.41, 5.74) is 19.3. The highest BCUT2D eigenvalue weighted by atomic mass is 16.4. The quantitative estimate of drug-likeness (QED) is 0.0682. The molecule has 11 aromatic rings. The number of hydrogen-bond donors (Lipinski definition) is 6. The van der Waals surface area contributed by atoms with E-state index in [-0.39, 0.29) is 22.3 Å². The smallest absolute Gasteiger partial charge is 0.335 e. The summed E-state index contributed by atoms with van der Waals surface area (Å²) in [6, 6.07) is 67.3. The van der Waals surface area contributed by atoms with E-state index in [1.165, 1.54) is 0 Å². The molecule has 0 radical (unpaired) electrons. The monoisotopic (exact) mass is 1090 g/mol. The summed E-state index contributed by atoms with van der Waals surface area (Å²) in [7, 11) is 0. The molecule has 0 saturated carbocycles. The predicted octanol–water partition coefficient (Wildman–Crippen LogP) is 16.8. The zero-order valence-electron chi connectivity index (χ0n) is 44.4. The van der Waals surface area contributed by atoms with Gasteiger partial charge in [-0.1, -0.05) is 146 Å². The lowest BCUT2D eigenvalue weighted by atomic mass is 9.98. The number of aromatic amines is 2. The molecule has 12 heteroatoms. The van der Waals surface area contributed by atoms with Gasteiger partial charge in [-0.05, 0) is 164 Å². The second-order valence-corrected chi connectivity index (χ2v) is 20.4. The summed E-state index contributed by atoms with van der Waals surface area (Å²) < 4.78 is 0. The zero-order valence-corrected chi connectivity index (χ0v) is 44.4. The van der Waals surface area contributed by atoms with Gasteiger partial charge in [0.25, 0.3) is 0 Å². The van der Waals surface area contributed by atoms with Crippen LogP contribution in [0.1, 0.15) is 64.2 Å². The van der Waals surface area contributed by atoms with Gasteiger partial charge in [0.1, 0.15) is 0 Å². The van der Waals surface area contributed by atoms with Gasteiger partial charge in [0, 0.05) is 44.3 Å². The standard InChI is InChI=1S/C72H46N4O8/c77-69(78)53-9-1-5-49(37-53)41-13-21-45(22-14-41)65-57-29-31-59(73-57)66(46-23-15-42(16-24-46)50-6-2-10-54(38-50)70(79)80)61-33-35-63(75-61)68(48-27-19-44(20-28-48)52-8-4-12-56(40-52)72(83)84)64-36-34-62(76-64)67(60-32-30-58(65)74-60)47-25-17-43(18-26-47)51-7-3-11-55(39-51)71(81)82/h1-40,73,76H,(H,77,78)(H,79,80)(H,81,82)(H,83,84). The van der Waals surface area contributed by atoms with Crippen LogP contribution in [0.15, 0.2) is 218 Å². The Balaban J connectivity index is 1.07. The van der Waals surface area contributed by atoms with E-state index in [2.05, 4.69) is 9.97 Å². The van der Waals surface area contributed by atoms with Crippen molar-refractivity contribution in [3.8, 4) is 89.0 Å². The van der Waals surface area contributed by atoms with Crippen molar-refractivity contribution in [3.63, 3.8) is 0 Å². The Kier molecular flexibility index (Phi) is 13.1. The number of aromatic carboxylic acids is 4. The van der Waals surface area contributed by atoms with Gasteiger partial charge >= 0.3 is 23.9 Å². The Labute approximate surface area is 480 Å². The third kappa shape index (κ3) is 9.92. The largest absolute Gasteiger partial charge is 0.478 e. The van der Waals surface area contributed by atoms with Crippen molar-refractivity contribution >= 4 is 70.2 Å². The summed E-state index contributed by atoms with van der Waals surface area (Å²) in [5.74, 6) is -4.05. The number of H-pyrrole nitrogens is 2. The number of carboxylic acids is 4. The first-order chi connectivity index (χ1) is 40.9. The lowest BCUT2D eigenvalue weighted by Gasteiger charge is -2.09. The van der Waals surface area contributed by atoms with Gasteiger partial charge in [0.05, 0.1) is 45.0 Å².